The maximum absolute atomic E-state index is 13.0. The molecule has 1 aliphatic heterocycles. The summed E-state index contributed by atoms with van der Waals surface area (Å²) >= 11 is 0. The predicted octanol–water partition coefficient (Wildman–Crippen LogP) is 1.93. The fraction of sp³-hybridized carbons (Fsp3) is 0.619. The highest BCUT2D eigenvalue weighted by Crippen LogP contribution is 2.25. The Bertz CT molecular complexity index is 896. The summed E-state index contributed by atoms with van der Waals surface area (Å²) in [6.45, 7) is 1.10. The Morgan fingerprint density at radius 3 is 2.31 bits per heavy atom. The minimum absolute atomic E-state index is 0.0558. The van der Waals surface area contributed by atoms with Gasteiger partial charge in [0.2, 0.25) is 5.91 Å². The van der Waals surface area contributed by atoms with Crippen LogP contribution in [0.4, 0.5) is 16.2 Å². The molecular weight excluding hydrogens is 434 g/mol. The van der Waals surface area contributed by atoms with E-state index in [1.807, 2.05) is 0 Å². The van der Waals surface area contributed by atoms with Gasteiger partial charge >= 0.3 is 6.03 Å². The predicted molar refractivity (Wildman–Crippen MR) is 123 cm³/mol. The molecule has 10 nitrogen and oxygen atoms in total. The normalized spacial score (nSPS) is 18.5. The highest BCUT2D eigenvalue weighted by Gasteiger charge is 2.35. The molecule has 1 saturated carbocycles. The second-order valence-corrected chi connectivity index (χ2v) is 10.2. The molecule has 1 heterocycles. The maximum atomic E-state index is 13.0. The number of hydrogen-bond acceptors (Lipinski definition) is 5. The van der Waals surface area contributed by atoms with Gasteiger partial charge in [-0.2, -0.15) is 17.0 Å². The standard InChI is InChI=1S/C21H33N5O5S/c1-24(19-9-4-3-5-10-19)32(29,30)26-13-11-25(12-14-26)21(28)23-18-8-6-7-17(15-18)22-20(27)16-31-2/h6-8,15,19H,3-5,9-14,16H2,1-2H3,(H,22,27)(H,23,28). The van der Waals surface area contributed by atoms with Crippen LogP contribution >= 0.6 is 0 Å². The first kappa shape index (κ1) is 24.4. The molecule has 3 amide bonds. The van der Waals surface area contributed by atoms with Crippen LogP contribution in [0.15, 0.2) is 24.3 Å². The van der Waals surface area contributed by atoms with Crippen LogP contribution < -0.4 is 10.6 Å². The lowest BCUT2D eigenvalue weighted by Gasteiger charge is -2.38. The lowest BCUT2D eigenvalue weighted by Crippen LogP contribution is -2.55. The molecule has 0 atom stereocenters. The highest BCUT2D eigenvalue weighted by atomic mass is 32.2. The van der Waals surface area contributed by atoms with Crippen LogP contribution in [0.2, 0.25) is 0 Å². The summed E-state index contributed by atoms with van der Waals surface area (Å²) in [6.07, 6.45) is 5.11. The first-order valence-electron chi connectivity index (χ1n) is 11.0. The number of benzene rings is 1. The van der Waals surface area contributed by atoms with Crippen LogP contribution in [0.3, 0.4) is 0 Å². The monoisotopic (exact) mass is 467 g/mol. The fourth-order valence-electron chi connectivity index (χ4n) is 4.14. The van der Waals surface area contributed by atoms with Crippen molar-refractivity contribution in [2.75, 3.05) is 57.6 Å². The van der Waals surface area contributed by atoms with Crippen LogP contribution in [0.25, 0.3) is 0 Å². The van der Waals surface area contributed by atoms with Crippen LogP contribution in [0.1, 0.15) is 32.1 Å². The molecule has 0 radical (unpaired) electrons. The van der Waals surface area contributed by atoms with E-state index in [2.05, 4.69) is 10.6 Å². The van der Waals surface area contributed by atoms with Gasteiger partial charge < -0.3 is 20.3 Å². The molecule has 2 N–H and O–H groups in total. The van der Waals surface area contributed by atoms with E-state index in [4.69, 9.17) is 4.74 Å². The number of carbonyl (C=O) groups is 2. The number of carbonyl (C=O) groups excluding carboxylic acids is 2. The molecule has 3 rings (SSSR count). The number of hydrogen-bond donors (Lipinski definition) is 2. The second kappa shape index (κ2) is 11.1. The van der Waals surface area contributed by atoms with E-state index in [0.29, 0.717) is 24.5 Å². The zero-order chi connectivity index (χ0) is 23.1. The summed E-state index contributed by atoms with van der Waals surface area (Å²) in [5, 5.41) is 5.50. The number of urea groups is 1. The van der Waals surface area contributed by atoms with Crippen molar-refractivity contribution < 1.29 is 22.7 Å². The molecule has 32 heavy (non-hydrogen) atoms. The van der Waals surface area contributed by atoms with Crippen LogP contribution in [0, 0.1) is 0 Å². The molecule has 2 aliphatic rings. The van der Waals surface area contributed by atoms with E-state index in [1.54, 1.807) is 36.2 Å². The van der Waals surface area contributed by atoms with Gasteiger partial charge in [-0.05, 0) is 31.0 Å². The van der Waals surface area contributed by atoms with Gasteiger partial charge in [-0.3, -0.25) is 4.79 Å². The lowest BCUT2D eigenvalue weighted by atomic mass is 9.96. The molecule has 2 fully saturated rings. The maximum Gasteiger partial charge on any atom is 0.321 e. The summed E-state index contributed by atoms with van der Waals surface area (Å²) < 4.78 is 33.8. The molecule has 0 aromatic heterocycles. The van der Waals surface area contributed by atoms with E-state index in [-0.39, 0.29) is 37.7 Å². The van der Waals surface area contributed by atoms with Crippen LogP contribution in [0.5, 0.6) is 0 Å². The van der Waals surface area contributed by atoms with Gasteiger partial charge in [0.15, 0.2) is 0 Å². The van der Waals surface area contributed by atoms with Gasteiger partial charge in [0.05, 0.1) is 0 Å². The number of methoxy groups -OCH3 is 1. The van der Waals surface area contributed by atoms with E-state index < -0.39 is 10.2 Å². The van der Waals surface area contributed by atoms with Crippen molar-refractivity contribution in [1.29, 1.82) is 0 Å². The Morgan fingerprint density at radius 2 is 1.69 bits per heavy atom. The van der Waals surface area contributed by atoms with Crippen molar-refractivity contribution >= 4 is 33.5 Å². The molecule has 1 aromatic rings. The van der Waals surface area contributed by atoms with Gasteiger partial charge in [-0.1, -0.05) is 25.3 Å². The van der Waals surface area contributed by atoms with Crippen molar-refractivity contribution in [3.05, 3.63) is 24.3 Å². The third-order valence-electron chi connectivity index (χ3n) is 5.98. The SMILES string of the molecule is COCC(=O)Nc1cccc(NC(=O)N2CCN(S(=O)(=O)N(C)C3CCCCC3)CC2)c1. The number of amides is 3. The highest BCUT2D eigenvalue weighted by molar-refractivity contribution is 7.86. The molecule has 11 heteroatoms. The average Bonchev–Trinajstić information content (AvgIpc) is 2.79. The Kier molecular flexibility index (Phi) is 8.46. The molecule has 0 spiro atoms. The third kappa shape index (κ3) is 6.18. The quantitative estimate of drug-likeness (QED) is 0.637. The zero-order valence-electron chi connectivity index (χ0n) is 18.7. The number of piperazine rings is 1. The van der Waals surface area contributed by atoms with Gasteiger partial charge in [0.1, 0.15) is 6.61 Å². The molecule has 0 bridgehead atoms. The summed E-state index contributed by atoms with van der Waals surface area (Å²) in [6, 6.07) is 6.59. The van der Waals surface area contributed by atoms with Gasteiger partial charge in [0.25, 0.3) is 10.2 Å². The smallest absolute Gasteiger partial charge is 0.321 e. The number of anilines is 2. The zero-order valence-corrected chi connectivity index (χ0v) is 19.6. The van der Waals surface area contributed by atoms with Crippen molar-refractivity contribution in [2.45, 2.75) is 38.1 Å². The Balaban J connectivity index is 1.52. The van der Waals surface area contributed by atoms with Gasteiger partial charge in [-0.15, -0.1) is 0 Å². The number of rotatable bonds is 7. The Morgan fingerprint density at radius 1 is 1.06 bits per heavy atom. The van der Waals surface area contributed by atoms with Crippen molar-refractivity contribution in [2.24, 2.45) is 0 Å². The lowest BCUT2D eigenvalue weighted by molar-refractivity contribution is -0.119. The first-order valence-corrected chi connectivity index (χ1v) is 12.4. The number of ether oxygens (including phenoxy) is 1. The van der Waals surface area contributed by atoms with Crippen molar-refractivity contribution in [3.63, 3.8) is 0 Å². The molecule has 1 aliphatic carbocycles. The number of nitrogens with zero attached hydrogens (tertiary/aromatic N) is 3. The Hall–Kier alpha value is -2.21. The van der Waals surface area contributed by atoms with Crippen LogP contribution in [-0.2, 0) is 19.7 Å². The molecule has 178 valence electrons. The summed E-state index contributed by atoms with van der Waals surface area (Å²) in [4.78, 5) is 25.9. The van der Waals surface area contributed by atoms with Gasteiger partial charge in [0, 0.05) is 57.8 Å². The topological polar surface area (TPSA) is 111 Å². The van der Waals surface area contributed by atoms with Crippen molar-refractivity contribution in [3.8, 4) is 0 Å². The van der Waals surface area contributed by atoms with E-state index in [9.17, 15) is 18.0 Å². The minimum atomic E-state index is -3.53. The first-order chi connectivity index (χ1) is 15.3. The minimum Gasteiger partial charge on any atom is -0.375 e. The molecule has 1 aromatic carbocycles. The van der Waals surface area contributed by atoms with E-state index in [0.717, 1.165) is 25.7 Å². The summed E-state index contributed by atoms with van der Waals surface area (Å²) in [5.74, 6) is -0.286. The Labute approximate surface area is 190 Å². The van der Waals surface area contributed by atoms with E-state index in [1.165, 1.54) is 22.1 Å². The molecule has 0 unspecified atom stereocenters. The summed E-state index contributed by atoms with van der Waals surface area (Å²) in [7, 11) is -0.425. The third-order valence-corrected chi connectivity index (χ3v) is 8.02. The van der Waals surface area contributed by atoms with Crippen LogP contribution in [-0.4, -0.2) is 86.9 Å². The van der Waals surface area contributed by atoms with Crippen molar-refractivity contribution in [1.82, 2.24) is 13.5 Å². The molecule has 1 saturated heterocycles. The fourth-order valence-corrected chi connectivity index (χ4v) is 5.72. The average molecular weight is 468 g/mol. The van der Waals surface area contributed by atoms with E-state index >= 15 is 0 Å². The largest absolute Gasteiger partial charge is 0.375 e. The summed E-state index contributed by atoms with van der Waals surface area (Å²) in [5.41, 5.74) is 1.09. The second-order valence-electron chi connectivity index (χ2n) is 8.19. The van der Waals surface area contributed by atoms with Gasteiger partial charge in [-0.25, -0.2) is 4.79 Å². The number of nitrogens with one attached hydrogen (secondary N) is 2. The molecular formula is C21H33N5O5S.